The molecule has 37 heavy (non-hydrogen) atoms. The molecule has 0 spiro atoms. The van der Waals surface area contributed by atoms with Gasteiger partial charge in [-0.3, -0.25) is 14.9 Å². The molecule has 2 aromatic heterocycles. The molecule has 0 unspecified atom stereocenters. The van der Waals surface area contributed by atoms with Crippen molar-refractivity contribution in [3.63, 3.8) is 0 Å². The highest BCUT2D eigenvalue weighted by molar-refractivity contribution is 6.36. The molecule has 2 aromatic carbocycles. The molecule has 2 amide bonds. The van der Waals surface area contributed by atoms with Crippen LogP contribution in [0.1, 0.15) is 11.5 Å². The number of nitrogens with zero attached hydrogens (tertiary/aromatic N) is 5. The van der Waals surface area contributed by atoms with Gasteiger partial charge in [-0.1, -0.05) is 60.1 Å². The van der Waals surface area contributed by atoms with Crippen molar-refractivity contribution in [1.82, 2.24) is 29.8 Å². The van der Waals surface area contributed by atoms with Gasteiger partial charge in [-0.05, 0) is 17.7 Å². The SMILES string of the molecule is COCCN1C[C@@H](NC(=O)Nc2c(Cl)c(-c3cnn(C)c3)nn2-c2ccccc2)[C@H](c2ccccc2)C1. The first kappa shape index (κ1) is 25.0. The van der Waals surface area contributed by atoms with Gasteiger partial charge < -0.3 is 10.1 Å². The normalized spacial score (nSPS) is 17.7. The molecule has 2 N–H and O–H groups in total. The molecular weight excluding hydrogens is 490 g/mol. The van der Waals surface area contributed by atoms with Gasteiger partial charge in [-0.2, -0.15) is 10.2 Å². The summed E-state index contributed by atoms with van der Waals surface area (Å²) >= 11 is 6.80. The summed E-state index contributed by atoms with van der Waals surface area (Å²) in [6, 6.07) is 19.4. The van der Waals surface area contributed by atoms with E-state index in [1.165, 1.54) is 5.56 Å². The van der Waals surface area contributed by atoms with Gasteiger partial charge in [-0.15, -0.1) is 0 Å². The number of carbonyl (C=O) groups excluding carboxylic acids is 1. The molecule has 4 aromatic rings. The Labute approximate surface area is 221 Å². The lowest BCUT2D eigenvalue weighted by molar-refractivity contribution is 0.159. The second-order valence-electron chi connectivity index (χ2n) is 9.14. The Hall–Kier alpha value is -3.66. The lowest BCUT2D eigenvalue weighted by Gasteiger charge is -2.21. The number of aryl methyl sites for hydroxylation is 1. The van der Waals surface area contributed by atoms with Crippen LogP contribution in [-0.2, 0) is 11.8 Å². The molecule has 5 rings (SSSR count). The number of nitrogens with one attached hydrogen (secondary N) is 2. The van der Waals surface area contributed by atoms with Crippen LogP contribution in [0.15, 0.2) is 73.1 Å². The lowest BCUT2D eigenvalue weighted by atomic mass is 9.94. The van der Waals surface area contributed by atoms with Crippen molar-refractivity contribution in [2.45, 2.75) is 12.0 Å². The molecule has 10 heteroatoms. The molecule has 3 heterocycles. The minimum atomic E-state index is -0.337. The van der Waals surface area contributed by atoms with Crippen LogP contribution in [0.25, 0.3) is 16.9 Å². The monoisotopic (exact) mass is 519 g/mol. The minimum Gasteiger partial charge on any atom is -0.383 e. The first-order chi connectivity index (χ1) is 18.0. The fraction of sp³-hybridized carbons (Fsp3) is 0.296. The second-order valence-corrected chi connectivity index (χ2v) is 9.51. The highest BCUT2D eigenvalue weighted by atomic mass is 35.5. The van der Waals surface area contributed by atoms with E-state index < -0.39 is 0 Å². The van der Waals surface area contributed by atoms with E-state index in [2.05, 4.69) is 32.8 Å². The van der Waals surface area contributed by atoms with E-state index in [0.717, 1.165) is 30.9 Å². The Morgan fingerprint density at radius 1 is 1.11 bits per heavy atom. The van der Waals surface area contributed by atoms with Crippen molar-refractivity contribution < 1.29 is 9.53 Å². The topological polar surface area (TPSA) is 89.2 Å². The van der Waals surface area contributed by atoms with Gasteiger partial charge in [0, 0.05) is 51.5 Å². The minimum absolute atomic E-state index is 0.0797. The fourth-order valence-electron chi connectivity index (χ4n) is 4.78. The molecule has 192 valence electrons. The Bertz CT molecular complexity index is 1340. The van der Waals surface area contributed by atoms with Gasteiger partial charge >= 0.3 is 6.03 Å². The molecule has 2 atom stereocenters. The standard InChI is InChI=1S/C27H30ClN7O2/c1-33-16-20(15-29-33)25-24(28)26(35(32-25)21-11-7-4-8-12-21)31-27(36)30-23-18-34(13-14-37-2)17-22(23)19-9-5-3-6-10-19/h3-12,15-16,22-23H,13-14,17-18H2,1-2H3,(H2,30,31,36)/t22-,23+/m0/s1. The zero-order valence-corrected chi connectivity index (χ0v) is 21.6. The van der Waals surface area contributed by atoms with E-state index in [9.17, 15) is 4.79 Å². The van der Waals surface area contributed by atoms with Crippen LogP contribution in [0.3, 0.4) is 0 Å². The highest BCUT2D eigenvalue weighted by Crippen LogP contribution is 2.35. The third-order valence-electron chi connectivity index (χ3n) is 6.59. The van der Waals surface area contributed by atoms with E-state index in [-0.39, 0.29) is 18.0 Å². The number of amides is 2. The van der Waals surface area contributed by atoms with E-state index in [1.807, 2.05) is 61.8 Å². The van der Waals surface area contributed by atoms with Crippen molar-refractivity contribution in [2.75, 3.05) is 38.7 Å². The van der Waals surface area contributed by atoms with Crippen LogP contribution in [0.5, 0.6) is 0 Å². The number of benzene rings is 2. The molecule has 1 aliphatic rings. The van der Waals surface area contributed by atoms with Crippen LogP contribution < -0.4 is 10.6 Å². The Kier molecular flexibility index (Phi) is 7.55. The fourth-order valence-corrected chi connectivity index (χ4v) is 5.05. The first-order valence-corrected chi connectivity index (χ1v) is 12.6. The summed E-state index contributed by atoms with van der Waals surface area (Å²) in [5.41, 5.74) is 3.28. The molecule has 0 bridgehead atoms. The zero-order valence-electron chi connectivity index (χ0n) is 20.8. The predicted molar refractivity (Wildman–Crippen MR) is 144 cm³/mol. The molecule has 1 saturated heterocycles. The van der Waals surface area contributed by atoms with Gasteiger partial charge in [0.1, 0.15) is 10.7 Å². The number of anilines is 1. The maximum absolute atomic E-state index is 13.4. The molecule has 9 nitrogen and oxygen atoms in total. The van der Waals surface area contributed by atoms with Crippen molar-refractivity contribution in [3.05, 3.63) is 83.6 Å². The molecule has 0 saturated carbocycles. The number of carbonyl (C=O) groups is 1. The van der Waals surface area contributed by atoms with Crippen LogP contribution >= 0.6 is 11.6 Å². The molecule has 1 aliphatic heterocycles. The number of halogens is 1. The molecule has 0 aliphatic carbocycles. The Morgan fingerprint density at radius 2 is 1.84 bits per heavy atom. The summed E-state index contributed by atoms with van der Waals surface area (Å²) in [7, 11) is 3.53. The van der Waals surface area contributed by atoms with Crippen molar-refractivity contribution in [2.24, 2.45) is 7.05 Å². The number of likely N-dealkylation sites (tertiary alicyclic amines) is 1. The van der Waals surface area contributed by atoms with Gasteiger partial charge in [0.15, 0.2) is 5.82 Å². The highest BCUT2D eigenvalue weighted by Gasteiger charge is 2.35. The second kappa shape index (κ2) is 11.2. The number of urea groups is 1. The van der Waals surface area contributed by atoms with E-state index in [1.54, 1.807) is 22.7 Å². The van der Waals surface area contributed by atoms with Crippen LogP contribution in [0.4, 0.5) is 10.6 Å². The Balaban J connectivity index is 1.41. The van der Waals surface area contributed by atoms with Gasteiger partial charge in [0.25, 0.3) is 0 Å². The van der Waals surface area contributed by atoms with Gasteiger partial charge in [-0.25, -0.2) is 9.48 Å². The quantitative estimate of drug-likeness (QED) is 0.365. The number of rotatable bonds is 8. The lowest BCUT2D eigenvalue weighted by Crippen LogP contribution is -2.42. The first-order valence-electron chi connectivity index (χ1n) is 12.2. The van der Waals surface area contributed by atoms with Gasteiger partial charge in [0.05, 0.1) is 24.5 Å². The summed E-state index contributed by atoms with van der Waals surface area (Å²) in [6.07, 6.45) is 3.54. The maximum atomic E-state index is 13.4. The maximum Gasteiger partial charge on any atom is 0.320 e. The average Bonchev–Trinajstić information content (AvgIpc) is 3.61. The number of hydrogen-bond donors (Lipinski definition) is 2. The van der Waals surface area contributed by atoms with E-state index in [4.69, 9.17) is 21.4 Å². The van der Waals surface area contributed by atoms with Crippen molar-refractivity contribution in [3.8, 4) is 16.9 Å². The molecule has 0 radical (unpaired) electrons. The predicted octanol–water partition coefficient (Wildman–Crippen LogP) is 4.16. The third kappa shape index (κ3) is 5.53. The summed E-state index contributed by atoms with van der Waals surface area (Å²) in [4.78, 5) is 15.7. The summed E-state index contributed by atoms with van der Waals surface area (Å²) < 4.78 is 8.61. The van der Waals surface area contributed by atoms with E-state index in [0.29, 0.717) is 23.1 Å². The number of methoxy groups -OCH3 is 1. The number of para-hydroxylation sites is 1. The largest absolute Gasteiger partial charge is 0.383 e. The Morgan fingerprint density at radius 3 is 2.51 bits per heavy atom. The molecule has 1 fully saturated rings. The summed E-state index contributed by atoms with van der Waals surface area (Å²) in [6.45, 7) is 3.01. The van der Waals surface area contributed by atoms with Crippen LogP contribution in [0.2, 0.25) is 5.02 Å². The number of aromatic nitrogens is 4. The number of hydrogen-bond acceptors (Lipinski definition) is 5. The van der Waals surface area contributed by atoms with Crippen LogP contribution in [0, 0.1) is 0 Å². The van der Waals surface area contributed by atoms with Gasteiger partial charge in [0.2, 0.25) is 0 Å². The number of ether oxygens (including phenoxy) is 1. The third-order valence-corrected chi connectivity index (χ3v) is 6.95. The smallest absolute Gasteiger partial charge is 0.320 e. The zero-order chi connectivity index (χ0) is 25.8. The molecular formula is C27H30ClN7O2. The van der Waals surface area contributed by atoms with E-state index >= 15 is 0 Å². The summed E-state index contributed by atoms with van der Waals surface area (Å²) in [5.74, 6) is 0.555. The average molecular weight is 520 g/mol. The van der Waals surface area contributed by atoms with Crippen molar-refractivity contribution in [1.29, 1.82) is 0 Å². The van der Waals surface area contributed by atoms with Crippen LogP contribution in [-0.4, -0.2) is 69.9 Å². The summed E-state index contributed by atoms with van der Waals surface area (Å²) in [5, 5.41) is 15.5. The van der Waals surface area contributed by atoms with Crippen molar-refractivity contribution >= 4 is 23.4 Å².